The van der Waals surface area contributed by atoms with Crippen molar-refractivity contribution in [1.82, 2.24) is 0 Å². The molecule has 2 heteroatoms. The Morgan fingerprint density at radius 3 is 0.875 bits per heavy atom. The van der Waals surface area contributed by atoms with Crippen LogP contribution < -0.4 is 0 Å². The van der Waals surface area contributed by atoms with E-state index in [4.69, 9.17) is 4.74 Å². The van der Waals surface area contributed by atoms with Crippen LogP contribution in [0.4, 0.5) is 0 Å². The normalized spacial score (nSPS) is 13.1. The molecule has 72 heavy (non-hydrogen) atoms. The van der Waals surface area contributed by atoms with Gasteiger partial charge < -0.3 is 4.74 Å². The average Bonchev–Trinajstić information content (AvgIpc) is 3.39. The number of rotatable bonds is 58. The van der Waals surface area contributed by atoms with Crippen LogP contribution in [-0.4, -0.2) is 12.6 Å². The lowest BCUT2D eigenvalue weighted by molar-refractivity contribution is -0.170. The van der Waals surface area contributed by atoms with Crippen molar-refractivity contribution in [2.24, 2.45) is 27.6 Å². The minimum absolute atomic E-state index is 0.182. The van der Waals surface area contributed by atoms with Gasteiger partial charge in [-0.05, 0) is 106 Å². The number of hydrogen-bond acceptors (Lipinski definition) is 2. The molecular formula is C70H140O2. The Hall–Kier alpha value is -0.530. The van der Waals surface area contributed by atoms with Gasteiger partial charge in [0.05, 0.1) is 12.0 Å². The van der Waals surface area contributed by atoms with Gasteiger partial charge >= 0.3 is 5.97 Å². The highest BCUT2D eigenvalue weighted by atomic mass is 16.5. The zero-order valence-electron chi connectivity index (χ0n) is 52.4. The van der Waals surface area contributed by atoms with Gasteiger partial charge in [0.2, 0.25) is 0 Å². The highest BCUT2D eigenvalue weighted by Crippen LogP contribution is 2.71. The van der Waals surface area contributed by atoms with Gasteiger partial charge in [-0.3, -0.25) is 4.79 Å². The zero-order chi connectivity index (χ0) is 53.3. The number of ether oxygens (including phenoxy) is 1. The van der Waals surface area contributed by atoms with Crippen LogP contribution in [0.2, 0.25) is 0 Å². The van der Waals surface area contributed by atoms with Crippen LogP contribution in [0.1, 0.15) is 410 Å². The van der Waals surface area contributed by atoms with Gasteiger partial charge in [0.1, 0.15) is 0 Å². The number of carbonyl (C=O) groups excluding carboxylic acids is 1. The first-order valence-corrected chi connectivity index (χ1v) is 34.4. The van der Waals surface area contributed by atoms with Gasteiger partial charge in [0, 0.05) is 0 Å². The molecule has 1 atom stereocenters. The van der Waals surface area contributed by atoms with E-state index >= 15 is 4.79 Å². The van der Waals surface area contributed by atoms with Crippen molar-refractivity contribution in [3.8, 4) is 0 Å². The molecule has 0 amide bonds. The fourth-order valence-corrected chi connectivity index (χ4v) is 15.0. The molecule has 0 spiro atoms. The van der Waals surface area contributed by atoms with E-state index in [1.54, 1.807) is 0 Å². The molecule has 0 aromatic heterocycles. The van der Waals surface area contributed by atoms with Gasteiger partial charge in [-0.2, -0.15) is 0 Å². The first kappa shape index (κ1) is 71.5. The number of unbranched alkanes of at least 4 members (excludes halogenated alkanes) is 30. The zero-order valence-corrected chi connectivity index (χ0v) is 52.4. The molecule has 0 aliphatic rings. The lowest BCUT2D eigenvalue weighted by Crippen LogP contribution is -2.57. The van der Waals surface area contributed by atoms with Crippen LogP contribution in [-0.2, 0) is 9.53 Å². The Bertz CT molecular complexity index is 1050. The maximum atomic E-state index is 15.1. The Kier molecular flexibility index (Phi) is 48.5. The summed E-state index contributed by atoms with van der Waals surface area (Å²) >= 11 is 0. The van der Waals surface area contributed by atoms with Crippen LogP contribution in [0.25, 0.3) is 0 Å². The molecule has 0 bridgehead atoms. The Balaban J connectivity index is 9.30. The quantitative estimate of drug-likeness (QED) is 0.0448. The van der Waals surface area contributed by atoms with Gasteiger partial charge in [-0.15, -0.1) is 0 Å². The lowest BCUT2D eigenvalue weighted by Gasteiger charge is -2.66. The smallest absolute Gasteiger partial charge is 0.312 e. The largest absolute Gasteiger partial charge is 0.466 e. The first-order chi connectivity index (χ1) is 35.2. The molecule has 0 rings (SSSR count). The van der Waals surface area contributed by atoms with E-state index in [2.05, 4.69) is 76.2 Å². The van der Waals surface area contributed by atoms with E-state index in [9.17, 15) is 0 Å². The molecule has 2 nitrogen and oxygen atoms in total. The summed E-state index contributed by atoms with van der Waals surface area (Å²) in [5, 5.41) is 0. The van der Waals surface area contributed by atoms with Gasteiger partial charge in [-0.25, -0.2) is 0 Å². The van der Waals surface area contributed by atoms with E-state index in [0.717, 1.165) is 19.3 Å². The lowest BCUT2D eigenvalue weighted by atomic mass is 9.38. The van der Waals surface area contributed by atoms with E-state index in [-0.39, 0.29) is 16.8 Å². The van der Waals surface area contributed by atoms with E-state index < -0.39 is 0 Å². The highest BCUT2D eigenvalue weighted by molar-refractivity contribution is 5.76. The Morgan fingerprint density at radius 2 is 0.569 bits per heavy atom. The topological polar surface area (TPSA) is 26.3 Å². The molecule has 0 fully saturated rings. The molecule has 0 N–H and O–H groups in total. The van der Waals surface area contributed by atoms with Crippen molar-refractivity contribution in [3.63, 3.8) is 0 Å². The summed E-state index contributed by atoms with van der Waals surface area (Å²) in [6.07, 6.45) is 70.2. The van der Waals surface area contributed by atoms with Crippen LogP contribution >= 0.6 is 0 Å². The Morgan fingerprint density at radius 1 is 0.292 bits per heavy atom. The van der Waals surface area contributed by atoms with Gasteiger partial charge in [-0.1, -0.05) is 326 Å². The van der Waals surface area contributed by atoms with Crippen molar-refractivity contribution in [1.29, 1.82) is 0 Å². The summed E-state index contributed by atoms with van der Waals surface area (Å²) in [6.45, 7) is 26.9. The second kappa shape index (κ2) is 48.8. The highest BCUT2D eigenvalue weighted by Gasteiger charge is 2.62. The minimum Gasteiger partial charge on any atom is -0.466 e. The van der Waals surface area contributed by atoms with E-state index in [0.29, 0.717) is 23.4 Å². The fraction of sp³-hybridized carbons (Fsp3) is 0.986. The third kappa shape index (κ3) is 28.2. The van der Waals surface area contributed by atoms with Gasteiger partial charge in [0.25, 0.3) is 0 Å². The second-order valence-corrected chi connectivity index (χ2v) is 24.9. The fourth-order valence-electron chi connectivity index (χ4n) is 15.0. The first-order valence-electron chi connectivity index (χ1n) is 34.4. The third-order valence-electron chi connectivity index (χ3n) is 19.2. The third-order valence-corrected chi connectivity index (χ3v) is 19.2. The molecule has 0 saturated heterocycles. The SMILES string of the molecule is CCCCCCC(CCC(CCCCCC)(CCCCCC)C(=O)OCC)C(CCCCCC)(CCCCCC)C(CCCCCC)(CCCCCC)C(CCCCCC)(CCCCCC)CCCCCC. The standard InChI is InChI=1S/C70H140O2/c1-12-23-33-43-53-65(54-64-67(66(71)72-22-11,55-44-34-24-13-2)56-45-35-25-14-3)69(60-49-39-29-18-7,61-50-40-30-19-8)70(62-51-41-31-20-9,63-52-42-32-21-10)68(57-46-36-26-15-4,58-47-37-27-16-5)59-48-38-28-17-6/h65H,12-64H2,1-11H3. The molecule has 1 unspecified atom stereocenters. The molecule has 0 heterocycles. The monoisotopic (exact) mass is 1010 g/mol. The summed E-state index contributed by atoms with van der Waals surface area (Å²) in [5.41, 5.74) is 0.618. The molecule has 0 saturated carbocycles. The van der Waals surface area contributed by atoms with Crippen LogP contribution in [0.3, 0.4) is 0 Å². The van der Waals surface area contributed by atoms with Crippen LogP contribution in [0.15, 0.2) is 0 Å². The Labute approximate surface area is 457 Å². The summed E-state index contributed by atoms with van der Waals surface area (Å²) < 4.78 is 6.36. The summed E-state index contributed by atoms with van der Waals surface area (Å²) in [6, 6.07) is 0. The summed E-state index contributed by atoms with van der Waals surface area (Å²) in [7, 11) is 0. The van der Waals surface area contributed by atoms with Crippen molar-refractivity contribution < 1.29 is 9.53 Å². The van der Waals surface area contributed by atoms with Crippen LogP contribution in [0, 0.1) is 27.6 Å². The number of hydrogen-bond donors (Lipinski definition) is 0. The van der Waals surface area contributed by atoms with E-state index in [1.165, 1.54) is 315 Å². The maximum Gasteiger partial charge on any atom is 0.312 e. The van der Waals surface area contributed by atoms with Crippen LogP contribution in [0.5, 0.6) is 0 Å². The predicted molar refractivity (Wildman–Crippen MR) is 327 cm³/mol. The minimum atomic E-state index is -0.349. The van der Waals surface area contributed by atoms with E-state index in [1.807, 2.05) is 0 Å². The number of carbonyl (C=O) groups is 1. The molecule has 0 radical (unpaired) electrons. The van der Waals surface area contributed by atoms with Crippen molar-refractivity contribution >= 4 is 5.97 Å². The summed E-state index contributed by atoms with van der Waals surface area (Å²) in [4.78, 5) is 15.1. The van der Waals surface area contributed by atoms with Gasteiger partial charge in [0.15, 0.2) is 0 Å². The van der Waals surface area contributed by atoms with Crippen molar-refractivity contribution in [3.05, 3.63) is 0 Å². The van der Waals surface area contributed by atoms with Crippen molar-refractivity contribution in [2.75, 3.05) is 6.61 Å². The predicted octanol–water partition coefficient (Wildman–Crippen LogP) is 25.6. The summed E-state index contributed by atoms with van der Waals surface area (Å²) in [5.74, 6) is 0.845. The molecular weight excluding hydrogens is 873 g/mol. The van der Waals surface area contributed by atoms with Crippen molar-refractivity contribution in [2.45, 2.75) is 410 Å². The molecule has 432 valence electrons. The molecule has 0 aliphatic carbocycles. The number of esters is 1. The molecule has 0 aromatic carbocycles. The molecule has 0 aromatic rings. The second-order valence-electron chi connectivity index (χ2n) is 24.9. The molecule has 0 aliphatic heterocycles. The average molecular weight is 1010 g/mol. The maximum absolute atomic E-state index is 15.1.